The van der Waals surface area contributed by atoms with Crippen LogP contribution in [-0.2, 0) is 0 Å². The van der Waals surface area contributed by atoms with Crippen molar-refractivity contribution in [2.75, 3.05) is 0 Å². The Kier molecular flexibility index (Phi) is 3.76. The molecule has 3 heteroatoms. The van der Waals surface area contributed by atoms with Crippen LogP contribution in [0.25, 0.3) is 6.08 Å². The maximum Gasteiger partial charge on any atom is 0.125 e. The van der Waals surface area contributed by atoms with E-state index in [1.54, 1.807) is 24.3 Å². The molecule has 3 nitrogen and oxygen atoms in total. The van der Waals surface area contributed by atoms with Crippen LogP contribution in [0.2, 0.25) is 0 Å². The Morgan fingerprint density at radius 2 is 1.67 bits per heavy atom. The zero-order chi connectivity index (χ0) is 12.8. The second-order valence-corrected chi connectivity index (χ2v) is 3.78. The minimum absolute atomic E-state index is 0.166. The number of benzene rings is 2. The number of hydrogen-bond acceptors (Lipinski definition) is 3. The van der Waals surface area contributed by atoms with Gasteiger partial charge in [0.05, 0.1) is 5.71 Å². The summed E-state index contributed by atoms with van der Waals surface area (Å²) in [6, 6.07) is 16.8. The summed E-state index contributed by atoms with van der Waals surface area (Å²) in [5.74, 6) is 5.53. The molecule has 2 aromatic rings. The highest BCUT2D eigenvalue weighted by atomic mass is 16.3. The third-order valence-corrected chi connectivity index (χ3v) is 2.55. The molecule has 0 aliphatic carbocycles. The van der Waals surface area contributed by atoms with Gasteiger partial charge in [0.1, 0.15) is 5.75 Å². The summed E-state index contributed by atoms with van der Waals surface area (Å²) in [5.41, 5.74) is 2.21. The normalized spacial score (nSPS) is 11.9. The van der Waals surface area contributed by atoms with Gasteiger partial charge in [0.25, 0.3) is 0 Å². The van der Waals surface area contributed by atoms with Crippen molar-refractivity contribution in [1.82, 2.24) is 0 Å². The zero-order valence-corrected chi connectivity index (χ0v) is 9.82. The number of hydrazone groups is 1. The lowest BCUT2D eigenvalue weighted by Gasteiger charge is -2.02. The van der Waals surface area contributed by atoms with Crippen molar-refractivity contribution < 1.29 is 5.11 Å². The first kappa shape index (κ1) is 11.9. The van der Waals surface area contributed by atoms with Crippen LogP contribution in [0, 0.1) is 0 Å². The molecule has 0 spiro atoms. The molecule has 0 radical (unpaired) electrons. The molecule has 18 heavy (non-hydrogen) atoms. The van der Waals surface area contributed by atoms with Gasteiger partial charge in [0, 0.05) is 5.56 Å². The molecule has 0 heterocycles. The first-order valence-electron chi connectivity index (χ1n) is 5.60. The molecule has 0 aliphatic rings. The highest BCUT2D eigenvalue weighted by Gasteiger charge is 2.04. The van der Waals surface area contributed by atoms with Gasteiger partial charge in [-0.1, -0.05) is 48.5 Å². The number of phenolic OH excluding ortho intramolecular Hbond substituents is 1. The summed E-state index contributed by atoms with van der Waals surface area (Å²) in [6.45, 7) is 0. The number of hydrogen-bond donors (Lipinski definition) is 2. The average molecular weight is 238 g/mol. The second-order valence-electron chi connectivity index (χ2n) is 3.78. The van der Waals surface area contributed by atoms with E-state index < -0.39 is 0 Å². The van der Waals surface area contributed by atoms with Gasteiger partial charge in [0.2, 0.25) is 0 Å². The van der Waals surface area contributed by atoms with E-state index in [0.29, 0.717) is 11.3 Å². The Morgan fingerprint density at radius 1 is 1.00 bits per heavy atom. The average Bonchev–Trinajstić information content (AvgIpc) is 2.42. The molecule has 2 rings (SSSR count). The molecule has 0 saturated carbocycles. The minimum Gasteiger partial charge on any atom is -0.507 e. The lowest BCUT2D eigenvalue weighted by molar-refractivity contribution is 0.474. The fourth-order valence-corrected chi connectivity index (χ4v) is 1.63. The molecule has 0 atom stereocenters. The molecule has 0 fully saturated rings. The highest BCUT2D eigenvalue weighted by Crippen LogP contribution is 2.17. The van der Waals surface area contributed by atoms with Crippen molar-refractivity contribution in [3.05, 3.63) is 71.8 Å². The number of phenols is 1. The van der Waals surface area contributed by atoms with Gasteiger partial charge in [-0.2, -0.15) is 5.10 Å². The predicted octanol–water partition coefficient (Wildman–Crippen LogP) is 2.77. The number of aromatic hydroxyl groups is 1. The summed E-state index contributed by atoms with van der Waals surface area (Å²) in [5, 5.41) is 13.4. The third-order valence-electron chi connectivity index (χ3n) is 2.55. The Morgan fingerprint density at radius 3 is 2.33 bits per heavy atom. The molecular formula is C15H14N2O. The van der Waals surface area contributed by atoms with Crippen LogP contribution >= 0.6 is 0 Å². The van der Waals surface area contributed by atoms with Gasteiger partial charge in [-0.05, 0) is 23.8 Å². The summed E-state index contributed by atoms with van der Waals surface area (Å²) >= 11 is 0. The van der Waals surface area contributed by atoms with E-state index in [0.717, 1.165) is 5.56 Å². The van der Waals surface area contributed by atoms with Crippen LogP contribution in [0.4, 0.5) is 0 Å². The van der Waals surface area contributed by atoms with Crippen molar-refractivity contribution in [2.45, 2.75) is 0 Å². The van der Waals surface area contributed by atoms with Crippen molar-refractivity contribution in [2.24, 2.45) is 10.9 Å². The Bertz CT molecular complexity index is 574. The van der Waals surface area contributed by atoms with Gasteiger partial charge in [0.15, 0.2) is 0 Å². The molecule has 0 aromatic heterocycles. The molecule has 3 N–H and O–H groups in total. The number of para-hydroxylation sites is 1. The van der Waals surface area contributed by atoms with E-state index >= 15 is 0 Å². The van der Waals surface area contributed by atoms with Crippen LogP contribution in [0.1, 0.15) is 11.1 Å². The molecular weight excluding hydrogens is 224 g/mol. The Labute approximate surface area is 106 Å². The minimum atomic E-state index is 0.166. The largest absolute Gasteiger partial charge is 0.507 e. The molecule has 90 valence electrons. The summed E-state index contributed by atoms with van der Waals surface area (Å²) in [6.07, 6.45) is 3.68. The van der Waals surface area contributed by atoms with Crippen molar-refractivity contribution in [1.29, 1.82) is 0 Å². The number of nitrogens with two attached hydrogens (primary N) is 1. The first-order chi connectivity index (χ1) is 8.81. The van der Waals surface area contributed by atoms with Gasteiger partial charge in [-0.3, -0.25) is 0 Å². The Hall–Kier alpha value is -2.55. The number of rotatable bonds is 3. The highest BCUT2D eigenvalue weighted by molar-refractivity contribution is 6.12. The number of allylic oxidation sites excluding steroid dienone is 1. The van der Waals surface area contributed by atoms with E-state index in [1.165, 1.54) is 0 Å². The van der Waals surface area contributed by atoms with E-state index in [2.05, 4.69) is 5.10 Å². The molecule has 0 unspecified atom stereocenters. The molecule has 0 saturated heterocycles. The third kappa shape index (κ3) is 2.77. The van der Waals surface area contributed by atoms with Crippen LogP contribution in [0.5, 0.6) is 5.75 Å². The fraction of sp³-hybridized carbons (Fsp3) is 0. The van der Waals surface area contributed by atoms with E-state index in [1.807, 2.05) is 42.5 Å². The molecule has 0 bridgehead atoms. The smallest absolute Gasteiger partial charge is 0.125 e. The van der Waals surface area contributed by atoms with E-state index in [4.69, 9.17) is 5.84 Å². The van der Waals surface area contributed by atoms with Gasteiger partial charge in [-0.25, -0.2) is 0 Å². The maximum absolute atomic E-state index is 9.74. The van der Waals surface area contributed by atoms with Crippen LogP contribution in [0.3, 0.4) is 0 Å². The lowest BCUT2D eigenvalue weighted by Crippen LogP contribution is -2.00. The quantitative estimate of drug-likeness (QED) is 0.490. The van der Waals surface area contributed by atoms with Crippen LogP contribution < -0.4 is 5.84 Å². The summed E-state index contributed by atoms with van der Waals surface area (Å²) < 4.78 is 0. The SMILES string of the molecule is NN=C(/C=C/c1ccccc1)c1ccccc1O. The van der Waals surface area contributed by atoms with Gasteiger partial charge < -0.3 is 10.9 Å². The maximum atomic E-state index is 9.74. The van der Waals surface area contributed by atoms with E-state index in [-0.39, 0.29) is 5.75 Å². The monoisotopic (exact) mass is 238 g/mol. The molecule has 2 aromatic carbocycles. The molecule has 0 aliphatic heterocycles. The Balaban J connectivity index is 2.27. The summed E-state index contributed by atoms with van der Waals surface area (Å²) in [7, 11) is 0. The predicted molar refractivity (Wildman–Crippen MR) is 74.3 cm³/mol. The lowest BCUT2D eigenvalue weighted by atomic mass is 10.1. The second kappa shape index (κ2) is 5.68. The van der Waals surface area contributed by atoms with Crippen LogP contribution in [0.15, 0.2) is 65.8 Å². The topological polar surface area (TPSA) is 58.6 Å². The van der Waals surface area contributed by atoms with E-state index in [9.17, 15) is 5.11 Å². The van der Waals surface area contributed by atoms with Crippen molar-refractivity contribution in [3.63, 3.8) is 0 Å². The summed E-state index contributed by atoms with van der Waals surface area (Å²) in [4.78, 5) is 0. The standard InChI is InChI=1S/C15H14N2O/c16-17-14(13-8-4-5-9-15(13)18)11-10-12-6-2-1-3-7-12/h1-11,18H,16H2/b11-10+,17-14?. The number of nitrogens with zero attached hydrogens (tertiary/aromatic N) is 1. The fourth-order valence-electron chi connectivity index (χ4n) is 1.63. The van der Waals surface area contributed by atoms with Crippen molar-refractivity contribution >= 4 is 11.8 Å². The first-order valence-corrected chi connectivity index (χ1v) is 5.60. The van der Waals surface area contributed by atoms with Gasteiger partial charge in [-0.15, -0.1) is 0 Å². The zero-order valence-electron chi connectivity index (χ0n) is 9.82. The van der Waals surface area contributed by atoms with Crippen LogP contribution in [-0.4, -0.2) is 10.8 Å². The molecule has 0 amide bonds. The van der Waals surface area contributed by atoms with Gasteiger partial charge >= 0.3 is 0 Å². The van der Waals surface area contributed by atoms with Crippen molar-refractivity contribution in [3.8, 4) is 5.75 Å².